The minimum absolute atomic E-state index is 0.0152. The van der Waals surface area contributed by atoms with E-state index in [0.29, 0.717) is 0 Å². The van der Waals surface area contributed by atoms with Crippen molar-refractivity contribution in [3.05, 3.63) is 0 Å². The Hall–Kier alpha value is -0.720. The lowest BCUT2D eigenvalue weighted by atomic mass is 10.4. The molecule has 0 saturated heterocycles. The summed E-state index contributed by atoms with van der Waals surface area (Å²) < 4.78 is 0. The van der Waals surface area contributed by atoms with Crippen LogP contribution in [0.25, 0.3) is 0 Å². The number of hydrazone groups is 1. The smallest absolute Gasteiger partial charge is 0.184 e. The van der Waals surface area contributed by atoms with Crippen molar-refractivity contribution in [2.24, 2.45) is 10.8 Å². The van der Waals surface area contributed by atoms with Gasteiger partial charge in [-0.2, -0.15) is 5.10 Å². The standard InChI is InChI=1S/C4H9N3O2S/c5-4(10)7-6-1-3(9)2-8/h1,3,8-9H,2H2,(H3,5,7,10)/b6-1+/t3-/m0/s1. The topological polar surface area (TPSA) is 90.9 Å². The van der Waals surface area contributed by atoms with Gasteiger partial charge in [-0.1, -0.05) is 0 Å². The Morgan fingerprint density at radius 3 is 2.90 bits per heavy atom. The molecule has 0 amide bonds. The van der Waals surface area contributed by atoms with Crippen LogP contribution in [0.15, 0.2) is 5.10 Å². The second-order valence-electron chi connectivity index (χ2n) is 1.50. The number of aliphatic hydroxyl groups is 2. The van der Waals surface area contributed by atoms with Crippen LogP contribution in [0.5, 0.6) is 0 Å². The van der Waals surface area contributed by atoms with Crippen molar-refractivity contribution in [3.8, 4) is 0 Å². The first-order valence-electron chi connectivity index (χ1n) is 2.54. The van der Waals surface area contributed by atoms with Crippen molar-refractivity contribution in [3.63, 3.8) is 0 Å². The molecular weight excluding hydrogens is 154 g/mol. The molecule has 5 nitrogen and oxygen atoms in total. The summed E-state index contributed by atoms with van der Waals surface area (Å²) in [5.41, 5.74) is 7.20. The maximum absolute atomic E-state index is 8.65. The molecule has 0 aromatic rings. The van der Waals surface area contributed by atoms with Crippen molar-refractivity contribution in [2.75, 3.05) is 6.61 Å². The van der Waals surface area contributed by atoms with E-state index in [0.717, 1.165) is 6.21 Å². The lowest BCUT2D eigenvalue weighted by Gasteiger charge is -1.97. The Kier molecular flexibility index (Phi) is 4.73. The summed E-state index contributed by atoms with van der Waals surface area (Å²) >= 11 is 4.39. The molecule has 0 aliphatic carbocycles. The fraction of sp³-hybridized carbons (Fsp3) is 0.500. The number of nitrogens with two attached hydrogens (primary N) is 1. The van der Waals surface area contributed by atoms with Crippen LogP contribution in [0.1, 0.15) is 0 Å². The summed E-state index contributed by atoms with van der Waals surface area (Å²) in [4.78, 5) is 0. The van der Waals surface area contributed by atoms with Gasteiger partial charge in [0.15, 0.2) is 5.11 Å². The van der Waals surface area contributed by atoms with E-state index in [1.807, 2.05) is 0 Å². The highest BCUT2D eigenvalue weighted by atomic mass is 32.1. The SMILES string of the molecule is NC(=S)N/N=C/[C@H](O)CO. The maximum Gasteiger partial charge on any atom is 0.184 e. The molecule has 10 heavy (non-hydrogen) atoms. The maximum atomic E-state index is 8.65. The molecule has 0 aliphatic heterocycles. The first-order chi connectivity index (χ1) is 4.66. The molecule has 0 heterocycles. The molecule has 0 radical (unpaired) electrons. The second-order valence-corrected chi connectivity index (χ2v) is 1.94. The molecule has 5 N–H and O–H groups in total. The van der Waals surface area contributed by atoms with Gasteiger partial charge in [-0.05, 0) is 12.2 Å². The Labute approximate surface area is 63.5 Å². The largest absolute Gasteiger partial charge is 0.393 e. The van der Waals surface area contributed by atoms with E-state index in [4.69, 9.17) is 15.9 Å². The predicted octanol–water partition coefficient (Wildman–Crippen LogP) is -1.84. The molecule has 1 atom stereocenters. The fourth-order valence-electron chi connectivity index (χ4n) is 0.234. The van der Waals surface area contributed by atoms with Crippen molar-refractivity contribution in [2.45, 2.75) is 6.10 Å². The van der Waals surface area contributed by atoms with Gasteiger partial charge in [0.1, 0.15) is 6.10 Å². The van der Waals surface area contributed by atoms with Crippen LogP contribution in [0.2, 0.25) is 0 Å². The van der Waals surface area contributed by atoms with Crippen LogP contribution >= 0.6 is 12.2 Å². The van der Waals surface area contributed by atoms with Crippen molar-refractivity contribution in [1.29, 1.82) is 0 Å². The van der Waals surface area contributed by atoms with Crippen LogP contribution in [-0.4, -0.2) is 34.3 Å². The predicted molar refractivity (Wildman–Crippen MR) is 41.5 cm³/mol. The van der Waals surface area contributed by atoms with Crippen molar-refractivity contribution >= 4 is 23.5 Å². The summed E-state index contributed by atoms with van der Waals surface area (Å²) in [5.74, 6) is 0. The Morgan fingerprint density at radius 2 is 2.50 bits per heavy atom. The van der Waals surface area contributed by atoms with Gasteiger partial charge >= 0.3 is 0 Å². The van der Waals surface area contributed by atoms with Gasteiger partial charge in [-0.15, -0.1) is 0 Å². The van der Waals surface area contributed by atoms with Gasteiger partial charge in [-0.25, -0.2) is 0 Å². The molecule has 0 aliphatic rings. The minimum Gasteiger partial charge on any atom is -0.393 e. The van der Waals surface area contributed by atoms with Crippen LogP contribution in [0.3, 0.4) is 0 Å². The number of aliphatic hydroxyl groups excluding tert-OH is 2. The van der Waals surface area contributed by atoms with E-state index in [1.54, 1.807) is 0 Å². The first-order valence-corrected chi connectivity index (χ1v) is 2.95. The summed E-state index contributed by atoms with van der Waals surface area (Å²) in [6.45, 7) is -0.373. The lowest BCUT2D eigenvalue weighted by Crippen LogP contribution is -2.25. The van der Waals surface area contributed by atoms with Gasteiger partial charge in [0, 0.05) is 0 Å². The van der Waals surface area contributed by atoms with Crippen LogP contribution in [0, 0.1) is 0 Å². The molecule has 58 valence electrons. The molecule has 0 aromatic carbocycles. The molecule has 0 fully saturated rings. The number of thiocarbonyl (C=S) groups is 1. The van der Waals surface area contributed by atoms with E-state index < -0.39 is 6.10 Å². The van der Waals surface area contributed by atoms with Crippen molar-refractivity contribution in [1.82, 2.24) is 5.43 Å². The number of hydrogen-bond acceptors (Lipinski definition) is 4. The average Bonchev–Trinajstić information content (AvgIpc) is 1.87. The van der Waals surface area contributed by atoms with Gasteiger partial charge in [0.25, 0.3) is 0 Å². The highest BCUT2D eigenvalue weighted by molar-refractivity contribution is 7.80. The normalized spacial score (nSPS) is 13.4. The molecule has 0 saturated carbocycles. The van der Waals surface area contributed by atoms with E-state index in [-0.39, 0.29) is 11.7 Å². The molecule has 0 rings (SSSR count). The zero-order chi connectivity index (χ0) is 7.98. The Bertz CT molecular complexity index is 138. The molecule has 0 spiro atoms. The fourth-order valence-corrected chi connectivity index (χ4v) is 0.287. The Morgan fingerprint density at radius 1 is 1.90 bits per heavy atom. The molecule has 0 unspecified atom stereocenters. The molecule has 0 bridgehead atoms. The summed E-state index contributed by atoms with van der Waals surface area (Å²) in [6.07, 6.45) is 0.126. The molecular formula is C4H9N3O2S. The third-order valence-electron chi connectivity index (χ3n) is 0.608. The van der Waals surface area contributed by atoms with Gasteiger partial charge in [0.2, 0.25) is 0 Å². The van der Waals surface area contributed by atoms with E-state index >= 15 is 0 Å². The lowest BCUT2D eigenvalue weighted by molar-refractivity contribution is 0.148. The number of hydrogen-bond donors (Lipinski definition) is 4. The third kappa shape index (κ3) is 5.42. The van der Waals surface area contributed by atoms with Crippen LogP contribution in [-0.2, 0) is 0 Å². The highest BCUT2D eigenvalue weighted by Gasteiger charge is 1.93. The van der Waals surface area contributed by atoms with Crippen molar-refractivity contribution < 1.29 is 10.2 Å². The zero-order valence-corrected chi connectivity index (χ0v) is 6.01. The Balaban J connectivity index is 3.45. The molecule has 6 heteroatoms. The number of nitrogens with zero attached hydrogens (tertiary/aromatic N) is 1. The minimum atomic E-state index is -0.971. The first kappa shape index (κ1) is 9.28. The number of nitrogens with one attached hydrogen (secondary N) is 1. The summed E-state index contributed by atoms with van der Waals surface area (Å²) in [6, 6.07) is 0. The quantitative estimate of drug-likeness (QED) is 0.223. The average molecular weight is 163 g/mol. The second kappa shape index (κ2) is 5.10. The van der Waals surface area contributed by atoms with E-state index in [9.17, 15) is 0 Å². The van der Waals surface area contributed by atoms with E-state index in [1.165, 1.54) is 0 Å². The number of rotatable bonds is 3. The van der Waals surface area contributed by atoms with Gasteiger partial charge in [-0.3, -0.25) is 5.43 Å². The highest BCUT2D eigenvalue weighted by Crippen LogP contribution is 1.71. The van der Waals surface area contributed by atoms with Gasteiger partial charge in [0.05, 0.1) is 12.8 Å². The molecule has 0 aromatic heterocycles. The third-order valence-corrected chi connectivity index (χ3v) is 0.700. The van der Waals surface area contributed by atoms with Crippen LogP contribution in [0.4, 0.5) is 0 Å². The van der Waals surface area contributed by atoms with E-state index in [2.05, 4.69) is 22.7 Å². The van der Waals surface area contributed by atoms with Gasteiger partial charge < -0.3 is 15.9 Å². The monoisotopic (exact) mass is 163 g/mol. The summed E-state index contributed by atoms with van der Waals surface area (Å²) in [5, 5.41) is 20.3. The summed E-state index contributed by atoms with van der Waals surface area (Å²) in [7, 11) is 0. The van der Waals surface area contributed by atoms with Crippen LogP contribution < -0.4 is 11.2 Å². The zero-order valence-electron chi connectivity index (χ0n) is 5.19.